The lowest BCUT2D eigenvalue weighted by Gasteiger charge is -2.16. The Morgan fingerprint density at radius 3 is 2.53 bits per heavy atom. The molecule has 0 radical (unpaired) electrons. The molecule has 1 unspecified atom stereocenters. The molecule has 1 atom stereocenters. The predicted molar refractivity (Wildman–Crippen MR) is 60.6 cm³/mol. The molecule has 2 aromatic rings. The molecule has 0 aliphatic rings. The molecule has 0 fully saturated rings. The standard InChI is InChI=1S/C13H11F3O3/c1-8-6-9(7-18-8)12(17)10-4-2-3-5-11(10)19-13(14,15)16/h2-7,12,17H,1H3. The Morgan fingerprint density at radius 1 is 1.26 bits per heavy atom. The minimum atomic E-state index is -4.80. The summed E-state index contributed by atoms with van der Waals surface area (Å²) in [5.74, 6) is 0.129. The number of aliphatic hydroxyl groups excluding tert-OH is 1. The highest BCUT2D eigenvalue weighted by Crippen LogP contribution is 2.33. The highest BCUT2D eigenvalue weighted by molar-refractivity contribution is 5.39. The third kappa shape index (κ3) is 3.29. The number of para-hydroxylation sites is 1. The van der Waals surface area contributed by atoms with Crippen LogP contribution in [-0.4, -0.2) is 11.5 Å². The molecule has 0 bridgehead atoms. The van der Waals surface area contributed by atoms with Gasteiger partial charge in [-0.2, -0.15) is 0 Å². The van der Waals surface area contributed by atoms with Crippen molar-refractivity contribution in [2.45, 2.75) is 19.4 Å². The van der Waals surface area contributed by atoms with Gasteiger partial charge in [0.2, 0.25) is 0 Å². The first-order valence-corrected chi connectivity index (χ1v) is 5.44. The van der Waals surface area contributed by atoms with Gasteiger partial charge in [0, 0.05) is 11.1 Å². The first-order valence-electron chi connectivity index (χ1n) is 5.44. The van der Waals surface area contributed by atoms with Gasteiger partial charge in [0.05, 0.1) is 6.26 Å². The maximum absolute atomic E-state index is 12.3. The van der Waals surface area contributed by atoms with Gasteiger partial charge in [-0.1, -0.05) is 18.2 Å². The lowest BCUT2D eigenvalue weighted by molar-refractivity contribution is -0.275. The van der Waals surface area contributed by atoms with Gasteiger partial charge >= 0.3 is 6.36 Å². The van der Waals surface area contributed by atoms with Gasteiger partial charge in [-0.15, -0.1) is 13.2 Å². The van der Waals surface area contributed by atoms with E-state index in [1.54, 1.807) is 13.0 Å². The quantitative estimate of drug-likeness (QED) is 0.928. The van der Waals surface area contributed by atoms with E-state index in [4.69, 9.17) is 4.42 Å². The maximum Gasteiger partial charge on any atom is 0.573 e. The topological polar surface area (TPSA) is 42.6 Å². The SMILES string of the molecule is Cc1cc(C(O)c2ccccc2OC(F)(F)F)co1. The molecular formula is C13H11F3O3. The van der Waals surface area contributed by atoms with Gasteiger partial charge in [0.1, 0.15) is 17.6 Å². The first-order chi connectivity index (χ1) is 8.87. The van der Waals surface area contributed by atoms with Gasteiger partial charge in [-0.3, -0.25) is 0 Å². The van der Waals surface area contributed by atoms with E-state index in [1.807, 2.05) is 0 Å². The molecule has 0 saturated carbocycles. The van der Waals surface area contributed by atoms with Crippen molar-refractivity contribution in [2.75, 3.05) is 0 Å². The zero-order valence-electron chi connectivity index (χ0n) is 9.94. The summed E-state index contributed by atoms with van der Waals surface area (Å²) in [4.78, 5) is 0. The minimum absolute atomic E-state index is 0.0284. The van der Waals surface area contributed by atoms with Crippen molar-refractivity contribution in [2.24, 2.45) is 0 Å². The van der Waals surface area contributed by atoms with Crippen LogP contribution in [0, 0.1) is 6.92 Å². The van der Waals surface area contributed by atoms with E-state index in [9.17, 15) is 18.3 Å². The van der Waals surface area contributed by atoms with Crippen LogP contribution in [-0.2, 0) is 0 Å². The number of ether oxygens (including phenoxy) is 1. The van der Waals surface area contributed by atoms with Crippen LogP contribution >= 0.6 is 0 Å². The van der Waals surface area contributed by atoms with E-state index in [0.717, 1.165) is 6.07 Å². The minimum Gasteiger partial charge on any atom is -0.469 e. The third-order valence-electron chi connectivity index (χ3n) is 2.51. The van der Waals surface area contributed by atoms with E-state index in [0.29, 0.717) is 11.3 Å². The van der Waals surface area contributed by atoms with Crippen LogP contribution in [0.3, 0.4) is 0 Å². The zero-order valence-corrected chi connectivity index (χ0v) is 9.94. The van der Waals surface area contributed by atoms with E-state index in [-0.39, 0.29) is 5.56 Å². The van der Waals surface area contributed by atoms with Crippen molar-refractivity contribution >= 4 is 0 Å². The van der Waals surface area contributed by atoms with Gasteiger partial charge < -0.3 is 14.3 Å². The second-order valence-corrected chi connectivity index (χ2v) is 3.98. The monoisotopic (exact) mass is 272 g/mol. The van der Waals surface area contributed by atoms with Crippen molar-refractivity contribution in [1.82, 2.24) is 0 Å². The molecule has 0 saturated heterocycles. The summed E-state index contributed by atoms with van der Waals surface area (Å²) in [6, 6.07) is 6.99. The van der Waals surface area contributed by atoms with Crippen molar-refractivity contribution in [3.8, 4) is 5.75 Å². The van der Waals surface area contributed by atoms with Crippen molar-refractivity contribution in [3.63, 3.8) is 0 Å². The molecule has 1 N–H and O–H groups in total. The molecule has 6 heteroatoms. The molecule has 0 aliphatic heterocycles. The van der Waals surface area contributed by atoms with Gasteiger partial charge in [0.15, 0.2) is 0 Å². The molecule has 1 aromatic carbocycles. The lowest BCUT2D eigenvalue weighted by atomic mass is 10.0. The van der Waals surface area contributed by atoms with Crippen LogP contribution in [0.15, 0.2) is 41.0 Å². The molecule has 19 heavy (non-hydrogen) atoms. The van der Waals surface area contributed by atoms with Crippen LogP contribution < -0.4 is 4.74 Å². The average Bonchev–Trinajstić information content (AvgIpc) is 2.74. The summed E-state index contributed by atoms with van der Waals surface area (Å²) >= 11 is 0. The van der Waals surface area contributed by atoms with E-state index < -0.39 is 18.2 Å². The summed E-state index contributed by atoms with van der Waals surface area (Å²) in [6.07, 6.45) is -4.75. The lowest BCUT2D eigenvalue weighted by Crippen LogP contribution is -2.18. The predicted octanol–water partition coefficient (Wildman–Crippen LogP) is 3.57. The number of hydrogen-bond donors (Lipinski definition) is 1. The number of furan rings is 1. The van der Waals surface area contributed by atoms with Gasteiger partial charge in [-0.25, -0.2) is 0 Å². The van der Waals surface area contributed by atoms with E-state index >= 15 is 0 Å². The maximum atomic E-state index is 12.3. The van der Waals surface area contributed by atoms with Crippen LogP contribution in [0.1, 0.15) is 23.0 Å². The number of benzene rings is 1. The largest absolute Gasteiger partial charge is 0.573 e. The summed E-state index contributed by atoms with van der Waals surface area (Å²) in [7, 11) is 0. The molecule has 102 valence electrons. The Labute approximate surface area is 107 Å². The molecule has 2 rings (SSSR count). The molecule has 0 spiro atoms. The number of aryl methyl sites for hydroxylation is 1. The first kappa shape index (κ1) is 13.5. The molecule has 0 amide bonds. The van der Waals surface area contributed by atoms with Crippen molar-refractivity contribution in [3.05, 3.63) is 53.5 Å². The Hall–Kier alpha value is -1.95. The van der Waals surface area contributed by atoms with Crippen LogP contribution in [0.5, 0.6) is 5.75 Å². The molecule has 1 aromatic heterocycles. The molecular weight excluding hydrogens is 261 g/mol. The van der Waals surface area contributed by atoms with Gasteiger partial charge in [-0.05, 0) is 19.1 Å². The molecule has 3 nitrogen and oxygen atoms in total. The summed E-state index contributed by atoms with van der Waals surface area (Å²) < 4.78 is 45.7. The normalized spacial score (nSPS) is 13.3. The number of aliphatic hydroxyl groups is 1. The van der Waals surface area contributed by atoms with E-state index in [1.165, 1.54) is 24.5 Å². The highest BCUT2D eigenvalue weighted by atomic mass is 19.4. The smallest absolute Gasteiger partial charge is 0.469 e. The summed E-state index contributed by atoms with van der Waals surface area (Å²) in [5.41, 5.74) is 0.399. The number of rotatable bonds is 3. The fourth-order valence-corrected chi connectivity index (χ4v) is 1.71. The summed E-state index contributed by atoms with van der Waals surface area (Å²) in [6.45, 7) is 1.67. The Kier molecular flexibility index (Phi) is 3.53. The van der Waals surface area contributed by atoms with E-state index in [2.05, 4.69) is 4.74 Å². The fourth-order valence-electron chi connectivity index (χ4n) is 1.71. The zero-order chi connectivity index (χ0) is 14.0. The Balaban J connectivity index is 2.34. The van der Waals surface area contributed by atoms with Crippen LogP contribution in [0.2, 0.25) is 0 Å². The number of hydrogen-bond acceptors (Lipinski definition) is 3. The van der Waals surface area contributed by atoms with Gasteiger partial charge in [0.25, 0.3) is 0 Å². The number of halogens is 3. The fraction of sp³-hybridized carbons (Fsp3) is 0.231. The average molecular weight is 272 g/mol. The Morgan fingerprint density at radius 2 is 1.95 bits per heavy atom. The van der Waals surface area contributed by atoms with Crippen molar-refractivity contribution < 1.29 is 27.4 Å². The second kappa shape index (κ2) is 4.97. The highest BCUT2D eigenvalue weighted by Gasteiger charge is 2.33. The third-order valence-corrected chi connectivity index (χ3v) is 2.51. The Bertz CT molecular complexity index is 560. The van der Waals surface area contributed by atoms with Crippen molar-refractivity contribution in [1.29, 1.82) is 0 Å². The number of alkyl halides is 3. The second-order valence-electron chi connectivity index (χ2n) is 3.98. The molecule has 1 heterocycles. The summed E-state index contributed by atoms with van der Waals surface area (Å²) in [5, 5.41) is 10.1. The molecule has 0 aliphatic carbocycles. The van der Waals surface area contributed by atoms with Crippen LogP contribution in [0.25, 0.3) is 0 Å². The van der Waals surface area contributed by atoms with Crippen LogP contribution in [0.4, 0.5) is 13.2 Å².